The molecule has 36 nitrogen and oxygen atoms in total. The molecule has 1 saturated carbocycles. The zero-order valence-corrected chi connectivity index (χ0v) is 85.5. The molecule has 11 aliphatic heterocycles. The van der Waals surface area contributed by atoms with E-state index < -0.39 is 0 Å². The van der Waals surface area contributed by atoms with Gasteiger partial charge in [-0.1, -0.05) is 61.0 Å². The fourth-order valence-electron chi connectivity index (χ4n) is 22.7. The van der Waals surface area contributed by atoms with Gasteiger partial charge < -0.3 is 120 Å². The normalized spacial score (nSPS) is 18.4. The van der Waals surface area contributed by atoms with Gasteiger partial charge in [-0.15, -0.1) is 0 Å². The summed E-state index contributed by atoms with van der Waals surface area (Å²) in [5.74, 6) is 7.89. The molecule has 0 radical (unpaired) electrons. The summed E-state index contributed by atoms with van der Waals surface area (Å²) >= 11 is 19.1. The number of aromatic nitrogens is 12. The highest BCUT2D eigenvalue weighted by Gasteiger charge is 2.39. The molecule has 0 atom stereocenters. The van der Waals surface area contributed by atoms with Gasteiger partial charge in [0.15, 0.2) is 0 Å². The van der Waals surface area contributed by atoms with Gasteiger partial charge in [0.2, 0.25) is 23.8 Å². The number of nitrogens with one attached hydrogen (secondary N) is 12. The highest BCUT2D eigenvalue weighted by molar-refractivity contribution is 6.37. The summed E-state index contributed by atoms with van der Waals surface area (Å²) in [6.07, 6.45) is 32.6. The number of fused-ring (bicyclic) bond motifs is 8. The van der Waals surface area contributed by atoms with Gasteiger partial charge in [0.05, 0.1) is 99.0 Å². The second kappa shape index (κ2) is 44.9. The molecule has 12 aliphatic rings. The van der Waals surface area contributed by atoms with Crippen molar-refractivity contribution in [2.75, 3.05) is 193 Å². The van der Waals surface area contributed by atoms with Gasteiger partial charge in [-0.05, 0) is 217 Å². The van der Waals surface area contributed by atoms with E-state index in [0.717, 1.165) is 234 Å². The number of nitrogens with zero attached hydrogens (tertiary/aromatic N) is 15. The van der Waals surface area contributed by atoms with Gasteiger partial charge in [0.25, 0.3) is 23.6 Å². The monoisotopic (exact) mass is 2030 g/mol. The molecule has 0 spiro atoms. The summed E-state index contributed by atoms with van der Waals surface area (Å²) in [4.78, 5) is 120. The van der Waals surface area contributed by atoms with E-state index >= 15 is 0 Å². The fourth-order valence-corrected chi connectivity index (χ4v) is 23.4. The minimum Gasteiger partial charge on any atom is -0.491 e. The van der Waals surface area contributed by atoms with E-state index in [1.807, 2.05) is 95.1 Å². The Morgan fingerprint density at radius 1 is 0.345 bits per heavy atom. The highest BCUT2D eigenvalue weighted by Crippen LogP contribution is 2.46. The molecular formula is C106H132Cl3N27O9. The van der Waals surface area contributed by atoms with E-state index in [9.17, 15) is 19.2 Å². The van der Waals surface area contributed by atoms with Gasteiger partial charge in [0.1, 0.15) is 68.9 Å². The molecule has 8 aromatic heterocycles. The van der Waals surface area contributed by atoms with Crippen LogP contribution in [0.3, 0.4) is 0 Å². The smallest absolute Gasteiger partial charge is 0.254 e. The van der Waals surface area contributed by atoms with Gasteiger partial charge in [-0.2, -0.15) is 39.9 Å². The highest BCUT2D eigenvalue weighted by atomic mass is 35.5. The largest absolute Gasteiger partial charge is 0.491 e. The number of hydrogen-bond acceptors (Lipinski definition) is 28. The number of H-pyrrole nitrogens is 4. The van der Waals surface area contributed by atoms with Crippen molar-refractivity contribution >= 4 is 172 Å². The molecule has 8 fully saturated rings. The summed E-state index contributed by atoms with van der Waals surface area (Å²) in [7, 11) is 0. The SMILES string of the molecule is CCCNc1nc(Nc2ccc(C(=O)N3CCC(N4CCCCC4)CC3)c3c2OCC3)nc2[nH]cc(Cl)c12.CCNc1nc(Nc2ccc(C(=O)N3CCC(N4CCCCC4)CC3)c3c2OCC3)nc2[nH]cc(Cl)c12.CCNc1nc(Nc2ccc(C(=O)N3CCOCC3)c3c2OCC3)nc2[nH]cc(C)c12.O=C(c1ccc(Nc2nc(NC3CCC3)c3c(Cl)c[nH]c3n2)c2c1CCO2)N1CCC(N2CCCCC2)CC1. The third kappa shape index (κ3) is 21.4. The van der Waals surface area contributed by atoms with Crippen LogP contribution in [0.15, 0.2) is 73.3 Å². The third-order valence-corrected chi connectivity index (χ3v) is 31.4. The Hall–Kier alpha value is -12.5. The second-order valence-electron chi connectivity index (χ2n) is 39.7. The number of morpholine rings is 1. The van der Waals surface area contributed by atoms with Crippen LogP contribution >= 0.6 is 34.8 Å². The Labute approximate surface area is 858 Å². The number of halogens is 3. The van der Waals surface area contributed by atoms with Crippen molar-refractivity contribution < 1.29 is 42.9 Å². The van der Waals surface area contributed by atoms with Crippen molar-refractivity contribution in [1.82, 2.24) is 94.1 Å². The summed E-state index contributed by atoms with van der Waals surface area (Å²) in [5.41, 5.74) is 13.7. The average Bonchev–Trinajstić information content (AvgIpc) is 1.70. The van der Waals surface area contributed by atoms with Crippen LogP contribution in [-0.4, -0.2) is 293 Å². The van der Waals surface area contributed by atoms with E-state index in [4.69, 9.17) is 68.5 Å². The van der Waals surface area contributed by atoms with Crippen molar-refractivity contribution in [3.05, 3.63) is 138 Å². The molecular weight excluding hydrogens is 1900 g/mol. The lowest BCUT2D eigenvalue weighted by atomic mass is 9.93. The molecule has 145 heavy (non-hydrogen) atoms. The standard InChI is InChI=1S/C29H36ClN7O2.C28H36ClN7O2.C27H34ClN7O2.C22H26N6O3/c30-22-17-31-26-24(22)27(32-18-5-4-6-18)35-29(34-26)33-23-8-7-21(20-11-16-39-25(20)23)28(38)37-14-9-19(10-15-37)36-12-2-1-3-13-36;1-2-11-30-25-23-21(29)17-31-26(23)34-28(33-25)32-22-7-6-20(19-10-16-38-24(19)22)27(37)36-14-8-18(9-15-36)35-12-4-3-5-13-35;1-2-29-24-22-20(28)16-30-25(22)33-27(32-24)31-21-7-6-19(18-10-15-37-23(18)21)26(36)35-13-8-17(9-14-35)34-11-4-3-5-12-34;1-3-23-19-17-13(2)12-24-20(17)27-22(26-19)25-16-5-4-15(14-6-9-31-18(14)16)21(29)28-7-10-30-11-8-28/h7-8,17-19H,1-6,9-16H2,(H3,31,32,33,34,35);6-7,17-18H,2-5,8-16H2,1H3,(H3,30,31,32,33,34);6-7,16-17H,2-5,8-15H2,1H3,(H3,29,30,31,32,33);4-5,12H,3,6-11H2,1-2H3,(H3,23,24,25,26,27). The predicted octanol–water partition coefficient (Wildman–Crippen LogP) is 18.2. The van der Waals surface area contributed by atoms with Crippen LogP contribution in [0.1, 0.15) is 212 Å². The first kappa shape index (κ1) is 98.6. The lowest BCUT2D eigenvalue weighted by molar-refractivity contribution is 0.0302. The molecule has 12 N–H and O–H groups in total. The van der Waals surface area contributed by atoms with Crippen LogP contribution in [0.2, 0.25) is 15.1 Å². The topological polar surface area (TPSA) is 400 Å². The Morgan fingerprint density at radius 3 is 0.972 bits per heavy atom. The van der Waals surface area contributed by atoms with Gasteiger partial charge >= 0.3 is 0 Å². The number of ether oxygens (including phenoxy) is 5. The van der Waals surface area contributed by atoms with Crippen molar-refractivity contribution in [2.45, 2.75) is 200 Å². The number of carbonyl (C=O) groups excluding carboxylic acids is 4. The number of benzene rings is 4. The van der Waals surface area contributed by atoms with Crippen molar-refractivity contribution in [3.63, 3.8) is 0 Å². The molecule has 4 amide bonds. The van der Waals surface area contributed by atoms with E-state index in [0.29, 0.717) is 187 Å². The minimum atomic E-state index is 0.0329. The molecule has 12 aromatic rings. The lowest BCUT2D eigenvalue weighted by Gasteiger charge is -2.40. The number of rotatable bonds is 24. The Balaban J connectivity index is 0.000000114. The molecule has 19 heterocycles. The number of carbonyl (C=O) groups is 4. The molecule has 4 aromatic carbocycles. The maximum Gasteiger partial charge on any atom is 0.254 e. The quantitative estimate of drug-likeness (QED) is 0.0267. The molecule has 1 aliphatic carbocycles. The maximum atomic E-state index is 13.6. The number of hydrogen-bond donors (Lipinski definition) is 12. The van der Waals surface area contributed by atoms with Gasteiger partial charge in [-0.25, -0.2) is 0 Å². The minimum absolute atomic E-state index is 0.0329. The van der Waals surface area contributed by atoms with Gasteiger partial charge in [0, 0.05) is 191 Å². The first-order valence-corrected chi connectivity index (χ1v) is 53.8. The molecule has 766 valence electrons. The first-order valence-electron chi connectivity index (χ1n) is 52.7. The molecule has 7 saturated heterocycles. The molecule has 24 rings (SSSR count). The van der Waals surface area contributed by atoms with Gasteiger partial charge in [-0.3, -0.25) is 19.2 Å². The number of aromatic amines is 4. The number of likely N-dealkylation sites (tertiary alicyclic amines) is 6. The molecule has 0 bridgehead atoms. The summed E-state index contributed by atoms with van der Waals surface area (Å²) in [5, 5.41) is 31.8. The summed E-state index contributed by atoms with van der Waals surface area (Å²) in [6.45, 7) is 27.2. The van der Waals surface area contributed by atoms with Crippen molar-refractivity contribution in [3.8, 4) is 23.0 Å². The first-order chi connectivity index (χ1) is 71.0. The molecule has 0 unspecified atom stereocenters. The van der Waals surface area contributed by atoms with Crippen LogP contribution in [0.25, 0.3) is 44.1 Å². The average molecular weight is 2030 g/mol. The second-order valence-corrected chi connectivity index (χ2v) is 40.9. The summed E-state index contributed by atoms with van der Waals surface area (Å²) in [6, 6.07) is 17.5. The zero-order chi connectivity index (χ0) is 99.1. The van der Waals surface area contributed by atoms with E-state index in [-0.39, 0.29) is 23.6 Å². The molecule has 39 heteroatoms. The zero-order valence-electron chi connectivity index (χ0n) is 83.3. The third-order valence-electron chi connectivity index (χ3n) is 30.5. The summed E-state index contributed by atoms with van der Waals surface area (Å²) < 4.78 is 29.4. The maximum absolute atomic E-state index is 13.6. The number of piperidine rings is 6. The van der Waals surface area contributed by atoms with E-state index in [1.54, 1.807) is 18.6 Å². The Kier molecular flexibility index (Phi) is 30.5. The predicted molar refractivity (Wildman–Crippen MR) is 569 cm³/mol. The fraction of sp³-hybridized carbons (Fsp3) is 0.509. The van der Waals surface area contributed by atoms with Crippen molar-refractivity contribution in [1.29, 1.82) is 0 Å². The Morgan fingerprint density at radius 2 is 0.648 bits per heavy atom. The van der Waals surface area contributed by atoms with Crippen molar-refractivity contribution in [2.24, 2.45) is 0 Å². The number of anilines is 12. The van der Waals surface area contributed by atoms with E-state index in [1.165, 1.54) is 103 Å². The Bertz CT molecular complexity index is 6700. The number of amides is 4. The van der Waals surface area contributed by atoms with Crippen LogP contribution in [0.5, 0.6) is 23.0 Å². The lowest BCUT2D eigenvalue weighted by Crippen LogP contribution is -2.48. The van der Waals surface area contributed by atoms with Crippen LogP contribution in [0, 0.1) is 6.92 Å². The van der Waals surface area contributed by atoms with Crippen LogP contribution in [0.4, 0.5) is 69.8 Å². The van der Waals surface area contributed by atoms with Crippen LogP contribution in [-0.2, 0) is 30.4 Å². The van der Waals surface area contributed by atoms with Crippen LogP contribution < -0.4 is 61.5 Å². The number of aryl methyl sites for hydroxylation is 1. The van der Waals surface area contributed by atoms with E-state index in [2.05, 4.69) is 114 Å².